The number of amides is 1. The first-order valence-electron chi connectivity index (χ1n) is 12.0. The molecule has 0 spiro atoms. The number of primary amides is 1. The number of allylic oxidation sites excluding steroid dienone is 1. The van der Waals surface area contributed by atoms with Crippen molar-refractivity contribution in [1.82, 2.24) is 15.1 Å². The summed E-state index contributed by atoms with van der Waals surface area (Å²) < 4.78 is 6.00. The van der Waals surface area contributed by atoms with Crippen LogP contribution in [-0.4, -0.2) is 40.6 Å². The second-order valence-electron chi connectivity index (χ2n) is 9.96. The van der Waals surface area contributed by atoms with Gasteiger partial charge < -0.3 is 15.1 Å². The van der Waals surface area contributed by atoms with E-state index in [0.29, 0.717) is 29.6 Å². The Hall–Kier alpha value is -2.47. The van der Waals surface area contributed by atoms with E-state index in [4.69, 9.17) is 10.2 Å². The van der Waals surface area contributed by atoms with E-state index in [2.05, 4.69) is 41.9 Å². The van der Waals surface area contributed by atoms with Gasteiger partial charge in [0, 0.05) is 24.4 Å². The standard InChI is InChI=1S/C26H36N4O2/c1-17(2)23-14-21(15-24-28-29-26(32-24)20-7-5-4-6-8-20)18(3)13-22(23)16-30-11-9-19(10-12-30)25(27)31/h4-8,13,17,19,21-23H,9-12,14-16H2,1-3H3,(H2,27,31)/t21-,22-,23-/m0/s1. The molecule has 0 bridgehead atoms. The first-order valence-corrected chi connectivity index (χ1v) is 12.0. The van der Waals surface area contributed by atoms with Crippen molar-refractivity contribution in [2.45, 2.75) is 46.5 Å². The highest BCUT2D eigenvalue weighted by atomic mass is 16.4. The minimum Gasteiger partial charge on any atom is -0.421 e. The Morgan fingerprint density at radius 3 is 2.56 bits per heavy atom. The Kier molecular flexibility index (Phi) is 7.09. The lowest BCUT2D eigenvalue weighted by Gasteiger charge is -2.40. The SMILES string of the molecule is CC1=C[C@@H](CN2CCC(C(N)=O)CC2)[C@H](C(C)C)C[C@H]1Cc1nnc(-c2ccccc2)o1. The third-order valence-electron chi connectivity index (χ3n) is 7.45. The summed E-state index contributed by atoms with van der Waals surface area (Å²) in [6.45, 7) is 9.93. The van der Waals surface area contributed by atoms with Crippen LogP contribution in [0, 0.1) is 29.6 Å². The third kappa shape index (κ3) is 5.29. The molecule has 1 amide bonds. The Morgan fingerprint density at radius 1 is 1.19 bits per heavy atom. The molecule has 32 heavy (non-hydrogen) atoms. The fourth-order valence-corrected chi connectivity index (χ4v) is 5.43. The molecule has 2 N–H and O–H groups in total. The Labute approximate surface area is 191 Å². The molecule has 172 valence electrons. The zero-order valence-electron chi connectivity index (χ0n) is 19.5. The first kappa shape index (κ1) is 22.7. The zero-order valence-corrected chi connectivity index (χ0v) is 19.5. The number of benzene rings is 1. The molecular formula is C26H36N4O2. The molecule has 2 aromatic rings. The van der Waals surface area contributed by atoms with Crippen molar-refractivity contribution in [3.8, 4) is 11.5 Å². The van der Waals surface area contributed by atoms with Crippen molar-refractivity contribution in [1.29, 1.82) is 0 Å². The lowest BCUT2D eigenvalue weighted by Crippen LogP contribution is -2.43. The number of hydrogen-bond donors (Lipinski definition) is 1. The summed E-state index contributed by atoms with van der Waals surface area (Å²) in [5.41, 5.74) is 7.90. The van der Waals surface area contributed by atoms with Crippen LogP contribution in [0.4, 0.5) is 0 Å². The highest BCUT2D eigenvalue weighted by molar-refractivity contribution is 5.76. The zero-order chi connectivity index (χ0) is 22.7. The number of piperidine rings is 1. The van der Waals surface area contributed by atoms with Crippen molar-refractivity contribution < 1.29 is 9.21 Å². The number of carbonyl (C=O) groups is 1. The molecule has 2 aliphatic rings. The van der Waals surface area contributed by atoms with E-state index in [1.165, 1.54) is 5.57 Å². The smallest absolute Gasteiger partial charge is 0.247 e. The second kappa shape index (κ2) is 9.99. The van der Waals surface area contributed by atoms with E-state index in [1.54, 1.807) is 0 Å². The van der Waals surface area contributed by atoms with Gasteiger partial charge in [-0.3, -0.25) is 4.79 Å². The number of likely N-dealkylation sites (tertiary alicyclic amines) is 1. The van der Waals surface area contributed by atoms with E-state index >= 15 is 0 Å². The van der Waals surface area contributed by atoms with Crippen molar-refractivity contribution >= 4 is 5.91 Å². The van der Waals surface area contributed by atoms with Crippen molar-refractivity contribution in [2.75, 3.05) is 19.6 Å². The molecule has 1 saturated heterocycles. The van der Waals surface area contributed by atoms with Crippen molar-refractivity contribution in [3.63, 3.8) is 0 Å². The maximum absolute atomic E-state index is 11.5. The van der Waals surface area contributed by atoms with Crippen LogP contribution in [0.5, 0.6) is 0 Å². The minimum atomic E-state index is -0.141. The maximum atomic E-state index is 11.5. The number of hydrogen-bond acceptors (Lipinski definition) is 5. The molecule has 1 fully saturated rings. The molecule has 2 heterocycles. The van der Waals surface area contributed by atoms with Gasteiger partial charge in [-0.15, -0.1) is 10.2 Å². The molecule has 6 nitrogen and oxygen atoms in total. The number of rotatable bonds is 7. The molecule has 4 rings (SSSR count). The number of nitrogens with two attached hydrogens (primary N) is 1. The average molecular weight is 437 g/mol. The van der Waals surface area contributed by atoms with Gasteiger partial charge in [-0.05, 0) is 75.1 Å². The van der Waals surface area contributed by atoms with Crippen LogP contribution in [0.1, 0.15) is 45.9 Å². The summed E-state index contributed by atoms with van der Waals surface area (Å²) >= 11 is 0. The van der Waals surface area contributed by atoms with Crippen LogP contribution in [0.3, 0.4) is 0 Å². The minimum absolute atomic E-state index is 0.0512. The molecule has 3 atom stereocenters. The highest BCUT2D eigenvalue weighted by Gasteiger charge is 2.34. The molecule has 1 aromatic carbocycles. The van der Waals surface area contributed by atoms with Gasteiger partial charge >= 0.3 is 0 Å². The Bertz CT molecular complexity index is 928. The van der Waals surface area contributed by atoms with Crippen LogP contribution in [0.15, 0.2) is 46.4 Å². The van der Waals surface area contributed by atoms with Crippen LogP contribution >= 0.6 is 0 Å². The second-order valence-corrected chi connectivity index (χ2v) is 9.96. The molecule has 6 heteroatoms. The van der Waals surface area contributed by atoms with E-state index in [-0.39, 0.29) is 11.8 Å². The van der Waals surface area contributed by atoms with Gasteiger partial charge in [-0.25, -0.2) is 0 Å². The van der Waals surface area contributed by atoms with Gasteiger partial charge in [0.2, 0.25) is 17.7 Å². The fourth-order valence-electron chi connectivity index (χ4n) is 5.43. The average Bonchev–Trinajstić information content (AvgIpc) is 3.25. The van der Waals surface area contributed by atoms with Crippen molar-refractivity contribution in [3.05, 3.63) is 47.9 Å². The van der Waals surface area contributed by atoms with Gasteiger partial charge in [-0.1, -0.05) is 43.7 Å². The predicted octanol–water partition coefficient (Wildman–Crippen LogP) is 4.33. The number of aromatic nitrogens is 2. The highest BCUT2D eigenvalue weighted by Crippen LogP contribution is 2.39. The summed E-state index contributed by atoms with van der Waals surface area (Å²) in [5.74, 6) is 3.42. The van der Waals surface area contributed by atoms with Gasteiger partial charge in [0.1, 0.15) is 0 Å². The van der Waals surface area contributed by atoms with E-state index in [9.17, 15) is 4.79 Å². The topological polar surface area (TPSA) is 85.2 Å². The lowest BCUT2D eigenvalue weighted by atomic mass is 9.69. The monoisotopic (exact) mass is 436 g/mol. The molecule has 1 aliphatic carbocycles. The van der Waals surface area contributed by atoms with E-state index in [0.717, 1.165) is 56.8 Å². The quantitative estimate of drug-likeness (QED) is 0.653. The Morgan fingerprint density at radius 2 is 1.91 bits per heavy atom. The van der Waals surface area contributed by atoms with Gasteiger partial charge in [0.15, 0.2) is 0 Å². The number of carbonyl (C=O) groups excluding carboxylic acids is 1. The third-order valence-corrected chi connectivity index (χ3v) is 7.45. The largest absolute Gasteiger partial charge is 0.421 e. The summed E-state index contributed by atoms with van der Waals surface area (Å²) in [6, 6.07) is 9.94. The molecular weight excluding hydrogens is 400 g/mol. The van der Waals surface area contributed by atoms with Crippen LogP contribution in [0.25, 0.3) is 11.5 Å². The summed E-state index contributed by atoms with van der Waals surface area (Å²) in [4.78, 5) is 14.0. The summed E-state index contributed by atoms with van der Waals surface area (Å²) in [7, 11) is 0. The van der Waals surface area contributed by atoms with Gasteiger partial charge in [0.25, 0.3) is 0 Å². The lowest BCUT2D eigenvalue weighted by molar-refractivity contribution is -0.123. The van der Waals surface area contributed by atoms with E-state index in [1.807, 2.05) is 30.3 Å². The summed E-state index contributed by atoms with van der Waals surface area (Å²) in [5, 5.41) is 8.60. The Balaban J connectivity index is 1.41. The van der Waals surface area contributed by atoms with Crippen LogP contribution in [-0.2, 0) is 11.2 Å². The first-order chi connectivity index (χ1) is 15.4. The summed E-state index contributed by atoms with van der Waals surface area (Å²) in [6.07, 6.45) is 6.21. The fraction of sp³-hybridized carbons (Fsp3) is 0.577. The van der Waals surface area contributed by atoms with Crippen LogP contribution < -0.4 is 5.73 Å². The molecule has 1 aromatic heterocycles. The van der Waals surface area contributed by atoms with Crippen molar-refractivity contribution in [2.24, 2.45) is 35.3 Å². The van der Waals surface area contributed by atoms with Gasteiger partial charge in [-0.2, -0.15) is 0 Å². The number of nitrogens with zero attached hydrogens (tertiary/aromatic N) is 3. The van der Waals surface area contributed by atoms with Crippen LogP contribution in [0.2, 0.25) is 0 Å². The molecule has 1 aliphatic heterocycles. The molecule has 0 radical (unpaired) electrons. The molecule has 0 saturated carbocycles. The molecule has 0 unspecified atom stereocenters. The normalized spacial score (nSPS) is 25.1. The van der Waals surface area contributed by atoms with Gasteiger partial charge in [0.05, 0.1) is 0 Å². The predicted molar refractivity (Wildman–Crippen MR) is 125 cm³/mol. The van der Waals surface area contributed by atoms with E-state index < -0.39 is 0 Å². The maximum Gasteiger partial charge on any atom is 0.247 e.